The summed E-state index contributed by atoms with van der Waals surface area (Å²) in [7, 11) is -2.50. The number of hydrogen-bond acceptors (Lipinski definition) is 4. The number of sulfonamides is 1. The van der Waals surface area contributed by atoms with Gasteiger partial charge in [0.2, 0.25) is 15.9 Å². The normalized spacial score (nSPS) is 12.4. The smallest absolute Gasteiger partial charge is 0.243 e. The molecule has 1 N–H and O–H groups in total. The number of rotatable bonds is 9. The van der Waals surface area contributed by atoms with E-state index in [-0.39, 0.29) is 17.3 Å². The van der Waals surface area contributed by atoms with Crippen LogP contribution in [-0.2, 0) is 14.8 Å². The molecule has 0 heterocycles. The van der Waals surface area contributed by atoms with Gasteiger partial charge >= 0.3 is 0 Å². The molecule has 0 aliphatic heterocycles. The third-order valence-corrected chi connectivity index (χ3v) is 5.72. The van der Waals surface area contributed by atoms with Gasteiger partial charge in [-0.1, -0.05) is 0 Å². The van der Waals surface area contributed by atoms with Crippen LogP contribution < -0.4 is 5.32 Å². The van der Waals surface area contributed by atoms with Crippen molar-refractivity contribution in [3.63, 3.8) is 0 Å². The zero-order chi connectivity index (χ0) is 19.2. The van der Waals surface area contributed by atoms with E-state index in [1.807, 2.05) is 0 Å². The second-order valence-corrected chi connectivity index (χ2v) is 8.54. The molecular weight excluding hydrogens is 345 g/mol. The Morgan fingerprint density at radius 1 is 1.12 bits per heavy atom. The van der Waals surface area contributed by atoms with E-state index in [9.17, 15) is 17.6 Å². The molecule has 0 aliphatic carbocycles. The fourth-order valence-corrected chi connectivity index (χ4v) is 3.69. The van der Waals surface area contributed by atoms with E-state index in [1.165, 1.54) is 19.2 Å². The highest BCUT2D eigenvalue weighted by Gasteiger charge is 2.23. The fourth-order valence-electron chi connectivity index (χ4n) is 2.57. The maximum Gasteiger partial charge on any atom is 0.243 e. The molecule has 0 saturated heterocycles. The van der Waals surface area contributed by atoms with Crippen LogP contribution >= 0.6 is 0 Å². The van der Waals surface area contributed by atoms with E-state index in [0.717, 1.165) is 16.4 Å². The Bertz CT molecular complexity index is 652. The minimum Gasteiger partial charge on any atom is -0.354 e. The van der Waals surface area contributed by atoms with Gasteiger partial charge in [-0.15, -0.1) is 0 Å². The summed E-state index contributed by atoms with van der Waals surface area (Å²) in [4.78, 5) is 14.2. The lowest BCUT2D eigenvalue weighted by molar-refractivity contribution is -0.121. The van der Waals surface area contributed by atoms with Crippen LogP contribution in [0.3, 0.4) is 0 Å². The zero-order valence-electron chi connectivity index (χ0n) is 15.5. The predicted octanol–water partition coefficient (Wildman–Crippen LogP) is 1.68. The lowest BCUT2D eigenvalue weighted by atomic mass is 10.2. The minimum atomic E-state index is -3.82. The maximum absolute atomic E-state index is 12.9. The Morgan fingerprint density at radius 2 is 1.64 bits per heavy atom. The molecule has 0 fully saturated rings. The Hall–Kier alpha value is -1.51. The molecule has 1 rings (SSSR count). The molecule has 0 atom stereocenters. The highest BCUT2D eigenvalue weighted by molar-refractivity contribution is 7.89. The highest BCUT2D eigenvalue weighted by Crippen LogP contribution is 2.14. The van der Waals surface area contributed by atoms with Crippen LogP contribution in [0.1, 0.15) is 27.7 Å². The molecule has 1 aromatic rings. The summed E-state index contributed by atoms with van der Waals surface area (Å²) < 4.78 is 38.6. The van der Waals surface area contributed by atoms with E-state index >= 15 is 0 Å². The van der Waals surface area contributed by atoms with Crippen LogP contribution in [0.4, 0.5) is 4.39 Å². The third-order valence-electron chi connectivity index (χ3n) is 3.91. The fraction of sp³-hybridized carbons (Fsp3) is 0.588. The van der Waals surface area contributed by atoms with Gasteiger partial charge in [0.1, 0.15) is 5.82 Å². The topological polar surface area (TPSA) is 69.7 Å². The third kappa shape index (κ3) is 6.37. The van der Waals surface area contributed by atoms with Crippen molar-refractivity contribution in [2.75, 3.05) is 26.7 Å². The van der Waals surface area contributed by atoms with Gasteiger partial charge in [0.25, 0.3) is 0 Å². The first kappa shape index (κ1) is 21.5. The van der Waals surface area contributed by atoms with Crippen molar-refractivity contribution in [2.45, 2.75) is 44.7 Å². The largest absolute Gasteiger partial charge is 0.354 e. The standard InChI is InChI=1S/C17H28FN3O3S/c1-13(2)21(14(3)4)11-10-19-17(22)12-20(5)25(23,24)16-8-6-15(18)7-9-16/h6-9,13-14H,10-12H2,1-5H3,(H,19,22). The lowest BCUT2D eigenvalue weighted by Crippen LogP contribution is -2.44. The van der Waals surface area contributed by atoms with Gasteiger partial charge in [0.05, 0.1) is 11.4 Å². The van der Waals surface area contributed by atoms with Gasteiger partial charge in [0, 0.05) is 32.2 Å². The molecule has 0 unspecified atom stereocenters. The van der Waals surface area contributed by atoms with Crippen molar-refractivity contribution in [2.24, 2.45) is 0 Å². The lowest BCUT2D eigenvalue weighted by Gasteiger charge is -2.30. The number of nitrogens with one attached hydrogen (secondary N) is 1. The van der Waals surface area contributed by atoms with Crippen LogP contribution in [0, 0.1) is 5.82 Å². The molecule has 0 radical (unpaired) electrons. The molecule has 0 aliphatic rings. The van der Waals surface area contributed by atoms with Gasteiger partial charge < -0.3 is 5.32 Å². The highest BCUT2D eigenvalue weighted by atomic mass is 32.2. The van der Waals surface area contributed by atoms with Crippen LogP contribution in [0.2, 0.25) is 0 Å². The van der Waals surface area contributed by atoms with Crippen molar-refractivity contribution < 1.29 is 17.6 Å². The van der Waals surface area contributed by atoms with E-state index in [0.29, 0.717) is 25.2 Å². The van der Waals surface area contributed by atoms with Crippen molar-refractivity contribution >= 4 is 15.9 Å². The number of nitrogens with zero attached hydrogens (tertiary/aromatic N) is 2. The average molecular weight is 373 g/mol. The first-order valence-electron chi connectivity index (χ1n) is 8.30. The quantitative estimate of drug-likeness (QED) is 0.715. The Kier molecular flexibility index (Phi) is 7.98. The van der Waals surface area contributed by atoms with Gasteiger partial charge in [-0.25, -0.2) is 12.8 Å². The monoisotopic (exact) mass is 373 g/mol. The summed E-state index contributed by atoms with van der Waals surface area (Å²) in [6, 6.07) is 5.24. The number of halogens is 1. The van der Waals surface area contributed by atoms with E-state index in [1.54, 1.807) is 0 Å². The summed E-state index contributed by atoms with van der Waals surface area (Å²) in [6.07, 6.45) is 0. The van der Waals surface area contributed by atoms with Crippen LogP contribution in [-0.4, -0.2) is 62.3 Å². The summed E-state index contributed by atoms with van der Waals surface area (Å²) in [5, 5.41) is 2.74. The SMILES string of the molecule is CC(C)N(CCNC(=O)CN(C)S(=O)(=O)c1ccc(F)cc1)C(C)C. The minimum absolute atomic E-state index is 0.0463. The molecule has 0 bridgehead atoms. The molecule has 142 valence electrons. The van der Waals surface area contributed by atoms with Crippen molar-refractivity contribution in [1.29, 1.82) is 0 Å². The molecule has 0 saturated carbocycles. The second-order valence-electron chi connectivity index (χ2n) is 6.49. The van der Waals surface area contributed by atoms with Crippen LogP contribution in [0.15, 0.2) is 29.2 Å². The molecule has 6 nitrogen and oxygen atoms in total. The first-order chi connectivity index (χ1) is 11.6. The van der Waals surface area contributed by atoms with E-state index in [4.69, 9.17) is 0 Å². The number of likely N-dealkylation sites (N-methyl/N-ethyl adjacent to an activating group) is 1. The van der Waals surface area contributed by atoms with E-state index in [2.05, 4.69) is 37.9 Å². The maximum atomic E-state index is 12.9. The number of amides is 1. The van der Waals surface area contributed by atoms with E-state index < -0.39 is 15.8 Å². The number of hydrogen-bond donors (Lipinski definition) is 1. The summed E-state index contributed by atoms with van der Waals surface area (Å²) >= 11 is 0. The van der Waals surface area contributed by atoms with Gasteiger partial charge in [-0.2, -0.15) is 4.31 Å². The summed E-state index contributed by atoms with van der Waals surface area (Å²) in [6.45, 7) is 9.20. The second kappa shape index (κ2) is 9.26. The van der Waals surface area contributed by atoms with Gasteiger partial charge in [0.15, 0.2) is 0 Å². The van der Waals surface area contributed by atoms with Crippen LogP contribution in [0.25, 0.3) is 0 Å². The van der Waals surface area contributed by atoms with Crippen LogP contribution in [0.5, 0.6) is 0 Å². The number of carbonyl (C=O) groups excluding carboxylic acids is 1. The van der Waals surface area contributed by atoms with Crippen molar-refractivity contribution in [3.05, 3.63) is 30.1 Å². The van der Waals surface area contributed by atoms with Crippen molar-refractivity contribution in [1.82, 2.24) is 14.5 Å². The van der Waals surface area contributed by atoms with Gasteiger partial charge in [-0.05, 0) is 52.0 Å². The molecule has 0 aromatic heterocycles. The zero-order valence-corrected chi connectivity index (χ0v) is 16.3. The molecule has 1 amide bonds. The number of carbonyl (C=O) groups is 1. The molecular formula is C17H28FN3O3S. The number of benzene rings is 1. The molecule has 8 heteroatoms. The van der Waals surface area contributed by atoms with Gasteiger partial charge in [-0.3, -0.25) is 9.69 Å². The summed E-state index contributed by atoms with van der Waals surface area (Å²) in [5.74, 6) is -0.889. The molecule has 25 heavy (non-hydrogen) atoms. The molecule has 1 aromatic carbocycles. The Balaban J connectivity index is 2.57. The average Bonchev–Trinajstić information content (AvgIpc) is 2.51. The Labute approximate surface area is 150 Å². The predicted molar refractivity (Wildman–Crippen MR) is 96.2 cm³/mol. The summed E-state index contributed by atoms with van der Waals surface area (Å²) in [5.41, 5.74) is 0. The van der Waals surface area contributed by atoms with Crippen molar-refractivity contribution in [3.8, 4) is 0 Å². The first-order valence-corrected chi connectivity index (χ1v) is 9.74. The molecule has 0 spiro atoms. The Morgan fingerprint density at radius 3 is 2.12 bits per heavy atom.